The van der Waals surface area contributed by atoms with Gasteiger partial charge in [-0.25, -0.2) is 19.0 Å². The Morgan fingerprint density at radius 1 is 1.17 bits per heavy atom. The third-order valence-electron chi connectivity index (χ3n) is 5.11. The largest absolute Gasteiger partial charge is 0.356 e. The fourth-order valence-corrected chi connectivity index (χ4v) is 3.68. The number of rotatable bonds is 4. The molecule has 1 aromatic carbocycles. The normalized spacial score (nSPS) is 16.7. The lowest BCUT2D eigenvalue weighted by Gasteiger charge is -2.33. The van der Waals surface area contributed by atoms with Gasteiger partial charge >= 0.3 is 0 Å². The Labute approximate surface area is 168 Å². The van der Waals surface area contributed by atoms with Crippen LogP contribution in [-0.4, -0.2) is 38.7 Å². The van der Waals surface area contributed by atoms with Crippen molar-refractivity contribution >= 4 is 17.4 Å². The van der Waals surface area contributed by atoms with Gasteiger partial charge < -0.3 is 10.2 Å². The number of benzene rings is 1. The van der Waals surface area contributed by atoms with Gasteiger partial charge in [0.1, 0.15) is 18.0 Å². The Hall–Kier alpha value is -3.29. The summed E-state index contributed by atoms with van der Waals surface area (Å²) < 4.78 is 15.6. The number of hydrogen-bond acceptors (Lipinski definition) is 5. The average Bonchev–Trinajstić information content (AvgIpc) is 3.08. The van der Waals surface area contributed by atoms with Gasteiger partial charge in [0.05, 0.1) is 17.3 Å². The SMILES string of the molecule is Cc1cc(C)n(-c2cc(N3CCC[C@@H](C(=O)Nc4ccccc4F)C3)ncn2)n1. The summed E-state index contributed by atoms with van der Waals surface area (Å²) in [6, 6.07) is 10.1. The summed E-state index contributed by atoms with van der Waals surface area (Å²) in [7, 11) is 0. The van der Waals surface area contributed by atoms with E-state index in [2.05, 4.69) is 25.3 Å². The summed E-state index contributed by atoms with van der Waals surface area (Å²) in [6.45, 7) is 5.24. The summed E-state index contributed by atoms with van der Waals surface area (Å²) in [5.74, 6) is 0.603. The molecule has 8 heteroatoms. The van der Waals surface area contributed by atoms with Crippen LogP contribution in [0.5, 0.6) is 0 Å². The zero-order chi connectivity index (χ0) is 20.4. The van der Waals surface area contributed by atoms with E-state index < -0.39 is 5.82 Å². The zero-order valence-electron chi connectivity index (χ0n) is 16.5. The molecule has 7 nitrogen and oxygen atoms in total. The average molecular weight is 394 g/mol. The maximum absolute atomic E-state index is 13.8. The standard InChI is InChI=1S/C21H23FN6O/c1-14-10-15(2)28(26-14)20-11-19(23-13-24-20)27-9-5-6-16(12-27)21(29)25-18-8-4-3-7-17(18)22/h3-4,7-8,10-11,13,16H,5-6,9,12H2,1-2H3,(H,25,29)/t16-/m1/s1. The molecule has 1 aliphatic heterocycles. The van der Waals surface area contributed by atoms with Crippen molar-refractivity contribution in [1.29, 1.82) is 0 Å². The highest BCUT2D eigenvalue weighted by molar-refractivity contribution is 5.93. The minimum absolute atomic E-state index is 0.173. The molecule has 0 radical (unpaired) electrons. The first kappa shape index (κ1) is 19.0. The van der Waals surface area contributed by atoms with Crippen molar-refractivity contribution in [2.75, 3.05) is 23.3 Å². The minimum atomic E-state index is -0.432. The van der Waals surface area contributed by atoms with Gasteiger partial charge in [-0.2, -0.15) is 5.10 Å². The van der Waals surface area contributed by atoms with Gasteiger partial charge in [-0.15, -0.1) is 0 Å². The number of piperidine rings is 1. The maximum atomic E-state index is 13.8. The quantitative estimate of drug-likeness (QED) is 0.735. The predicted octanol–water partition coefficient (Wildman–Crippen LogP) is 3.27. The van der Waals surface area contributed by atoms with Crippen LogP contribution in [0.15, 0.2) is 42.7 Å². The van der Waals surface area contributed by atoms with Crippen molar-refractivity contribution in [2.45, 2.75) is 26.7 Å². The van der Waals surface area contributed by atoms with Crippen LogP contribution < -0.4 is 10.2 Å². The molecule has 29 heavy (non-hydrogen) atoms. The molecular weight excluding hydrogens is 371 g/mol. The molecule has 3 aromatic rings. The molecular formula is C21H23FN6O. The second kappa shape index (κ2) is 7.98. The van der Waals surface area contributed by atoms with Crippen LogP contribution in [0.25, 0.3) is 5.82 Å². The highest BCUT2D eigenvalue weighted by Gasteiger charge is 2.27. The second-order valence-corrected chi connectivity index (χ2v) is 7.33. The number of nitrogens with one attached hydrogen (secondary N) is 1. The third kappa shape index (κ3) is 4.11. The molecule has 1 atom stereocenters. The van der Waals surface area contributed by atoms with Crippen LogP contribution in [0, 0.1) is 25.6 Å². The summed E-state index contributed by atoms with van der Waals surface area (Å²) in [5.41, 5.74) is 2.13. The van der Waals surface area contributed by atoms with Crippen molar-refractivity contribution in [3.8, 4) is 5.82 Å². The molecule has 1 N–H and O–H groups in total. The minimum Gasteiger partial charge on any atom is -0.356 e. The number of aryl methyl sites for hydroxylation is 2. The van der Waals surface area contributed by atoms with E-state index in [0.717, 1.165) is 36.6 Å². The monoisotopic (exact) mass is 394 g/mol. The molecule has 2 aromatic heterocycles. The van der Waals surface area contributed by atoms with Crippen molar-refractivity contribution in [1.82, 2.24) is 19.7 Å². The number of amides is 1. The Morgan fingerprint density at radius 3 is 2.72 bits per heavy atom. The van der Waals surface area contributed by atoms with E-state index >= 15 is 0 Å². The number of halogens is 1. The first-order valence-electron chi connectivity index (χ1n) is 9.67. The van der Waals surface area contributed by atoms with Crippen LogP contribution in [0.3, 0.4) is 0 Å². The van der Waals surface area contributed by atoms with E-state index in [1.54, 1.807) is 22.9 Å². The van der Waals surface area contributed by atoms with E-state index in [-0.39, 0.29) is 17.5 Å². The molecule has 150 valence electrons. The Bertz CT molecular complexity index is 1030. The number of nitrogens with zero attached hydrogens (tertiary/aromatic N) is 5. The van der Waals surface area contributed by atoms with Crippen molar-refractivity contribution in [3.63, 3.8) is 0 Å². The molecule has 0 unspecified atom stereocenters. The van der Waals surface area contributed by atoms with Gasteiger partial charge in [0.2, 0.25) is 5.91 Å². The lowest BCUT2D eigenvalue weighted by molar-refractivity contribution is -0.120. The van der Waals surface area contributed by atoms with Gasteiger partial charge in [-0.3, -0.25) is 4.79 Å². The second-order valence-electron chi connectivity index (χ2n) is 7.33. The number of para-hydroxylation sites is 1. The summed E-state index contributed by atoms with van der Waals surface area (Å²) >= 11 is 0. The molecule has 0 aliphatic carbocycles. The van der Waals surface area contributed by atoms with Gasteiger partial charge in [-0.05, 0) is 44.9 Å². The molecule has 1 fully saturated rings. The highest BCUT2D eigenvalue weighted by atomic mass is 19.1. The first-order chi connectivity index (χ1) is 14.0. The van der Waals surface area contributed by atoms with Crippen LogP contribution in [0.1, 0.15) is 24.2 Å². The summed E-state index contributed by atoms with van der Waals surface area (Å²) in [6.07, 6.45) is 3.13. The molecule has 0 spiro atoms. The van der Waals surface area contributed by atoms with E-state index in [9.17, 15) is 9.18 Å². The molecule has 4 rings (SSSR count). The molecule has 0 bridgehead atoms. The fraction of sp³-hybridized carbons (Fsp3) is 0.333. The number of aromatic nitrogens is 4. The lowest BCUT2D eigenvalue weighted by Crippen LogP contribution is -2.41. The van der Waals surface area contributed by atoms with E-state index in [4.69, 9.17) is 0 Å². The van der Waals surface area contributed by atoms with Crippen LogP contribution in [0.2, 0.25) is 0 Å². The van der Waals surface area contributed by atoms with Crippen LogP contribution in [0.4, 0.5) is 15.9 Å². The molecule has 1 amide bonds. The van der Waals surface area contributed by atoms with Crippen LogP contribution >= 0.6 is 0 Å². The van der Waals surface area contributed by atoms with E-state index in [1.807, 2.05) is 26.0 Å². The first-order valence-corrected chi connectivity index (χ1v) is 9.67. The molecule has 1 aliphatic rings. The summed E-state index contributed by atoms with van der Waals surface area (Å²) in [4.78, 5) is 23.5. The fourth-order valence-electron chi connectivity index (χ4n) is 3.68. The van der Waals surface area contributed by atoms with Gasteiger partial charge in [0.25, 0.3) is 0 Å². The van der Waals surface area contributed by atoms with Crippen LogP contribution in [-0.2, 0) is 4.79 Å². The van der Waals surface area contributed by atoms with Crippen molar-refractivity contribution in [3.05, 3.63) is 59.9 Å². The Kier molecular flexibility index (Phi) is 5.24. The maximum Gasteiger partial charge on any atom is 0.229 e. The number of carbonyl (C=O) groups is 1. The molecule has 3 heterocycles. The van der Waals surface area contributed by atoms with E-state index in [1.165, 1.54) is 12.4 Å². The Balaban J connectivity index is 1.50. The van der Waals surface area contributed by atoms with Gasteiger partial charge in [0.15, 0.2) is 5.82 Å². The number of carbonyl (C=O) groups excluding carboxylic acids is 1. The van der Waals surface area contributed by atoms with Crippen molar-refractivity contribution < 1.29 is 9.18 Å². The number of anilines is 2. The van der Waals surface area contributed by atoms with Gasteiger partial charge in [-0.1, -0.05) is 12.1 Å². The zero-order valence-corrected chi connectivity index (χ0v) is 16.5. The van der Waals surface area contributed by atoms with Crippen molar-refractivity contribution in [2.24, 2.45) is 5.92 Å². The lowest BCUT2D eigenvalue weighted by atomic mass is 9.97. The number of hydrogen-bond donors (Lipinski definition) is 1. The Morgan fingerprint density at radius 2 is 1.97 bits per heavy atom. The van der Waals surface area contributed by atoms with Gasteiger partial charge in [0, 0.05) is 24.8 Å². The molecule has 1 saturated heterocycles. The third-order valence-corrected chi connectivity index (χ3v) is 5.11. The molecule has 0 saturated carbocycles. The smallest absolute Gasteiger partial charge is 0.229 e. The highest BCUT2D eigenvalue weighted by Crippen LogP contribution is 2.24. The topological polar surface area (TPSA) is 75.9 Å². The van der Waals surface area contributed by atoms with E-state index in [0.29, 0.717) is 12.4 Å². The predicted molar refractivity (Wildman–Crippen MR) is 109 cm³/mol. The summed E-state index contributed by atoms with van der Waals surface area (Å²) in [5, 5.41) is 7.19.